The van der Waals surface area contributed by atoms with Gasteiger partial charge in [0.15, 0.2) is 0 Å². The molecule has 1 atom stereocenters. The minimum atomic E-state index is -0.646. The normalized spacial score (nSPS) is 18.7. The maximum absolute atomic E-state index is 12.9. The number of imide groups is 1. The molecule has 2 aromatic rings. The monoisotopic (exact) mass is 378 g/mol. The van der Waals surface area contributed by atoms with E-state index in [1.165, 1.54) is 12.0 Å². The van der Waals surface area contributed by atoms with Crippen LogP contribution in [0.4, 0.5) is 0 Å². The minimum Gasteiger partial charge on any atom is -0.465 e. The van der Waals surface area contributed by atoms with Crippen molar-refractivity contribution >= 4 is 23.7 Å². The van der Waals surface area contributed by atoms with Crippen molar-refractivity contribution in [3.63, 3.8) is 0 Å². The predicted octanol–water partition coefficient (Wildman–Crippen LogP) is 1.90. The summed E-state index contributed by atoms with van der Waals surface area (Å²) in [4.78, 5) is 49.6. The van der Waals surface area contributed by atoms with E-state index < -0.39 is 17.9 Å². The van der Waals surface area contributed by atoms with Crippen LogP contribution in [0.2, 0.25) is 0 Å². The number of carbonyl (C=O) groups is 4. The number of benzene rings is 2. The van der Waals surface area contributed by atoms with E-state index in [4.69, 9.17) is 4.74 Å². The van der Waals surface area contributed by atoms with Crippen molar-refractivity contribution in [2.75, 3.05) is 7.11 Å². The van der Waals surface area contributed by atoms with Gasteiger partial charge in [0.25, 0.3) is 5.91 Å². The van der Waals surface area contributed by atoms with Gasteiger partial charge in [0.1, 0.15) is 6.04 Å². The van der Waals surface area contributed by atoms with Crippen LogP contribution in [0.1, 0.15) is 39.1 Å². The molecule has 2 aliphatic rings. The van der Waals surface area contributed by atoms with Crippen molar-refractivity contribution < 1.29 is 23.9 Å². The SMILES string of the molecule is COC(=O)c1ccc(-c2cccc3c2CN(C2CCC(=O)NC2=O)C3=O)cc1. The van der Waals surface area contributed by atoms with Crippen LogP contribution in [-0.4, -0.2) is 41.7 Å². The Bertz CT molecular complexity index is 996. The summed E-state index contributed by atoms with van der Waals surface area (Å²) in [7, 11) is 1.33. The average molecular weight is 378 g/mol. The highest BCUT2D eigenvalue weighted by Gasteiger charge is 2.39. The number of ether oxygens (including phenoxy) is 1. The third-order valence-corrected chi connectivity index (χ3v) is 5.20. The fourth-order valence-corrected chi connectivity index (χ4v) is 3.76. The van der Waals surface area contributed by atoms with Crippen LogP contribution in [-0.2, 0) is 20.9 Å². The van der Waals surface area contributed by atoms with Gasteiger partial charge in [-0.25, -0.2) is 4.79 Å². The Morgan fingerprint density at radius 2 is 1.79 bits per heavy atom. The molecule has 1 fully saturated rings. The first-order valence-electron chi connectivity index (χ1n) is 8.95. The molecule has 7 heteroatoms. The number of hydrogen-bond acceptors (Lipinski definition) is 5. The summed E-state index contributed by atoms with van der Waals surface area (Å²) in [5.74, 6) is -1.36. The van der Waals surface area contributed by atoms with Crippen LogP contribution in [0, 0.1) is 0 Å². The van der Waals surface area contributed by atoms with Gasteiger partial charge < -0.3 is 9.64 Å². The average Bonchev–Trinajstić information content (AvgIpc) is 3.04. The standard InChI is InChI=1S/C21H18N2O5/c1-28-21(27)13-7-5-12(6-8-13)14-3-2-4-15-16(14)11-23(20(15)26)17-9-10-18(24)22-19(17)25/h2-8,17H,9-11H2,1H3,(H,22,24,25). The number of hydrogen-bond donors (Lipinski definition) is 1. The van der Waals surface area contributed by atoms with Crippen molar-refractivity contribution in [3.8, 4) is 11.1 Å². The molecule has 0 aliphatic carbocycles. The van der Waals surface area contributed by atoms with Crippen LogP contribution in [0.25, 0.3) is 11.1 Å². The van der Waals surface area contributed by atoms with E-state index in [1.54, 1.807) is 36.4 Å². The molecule has 142 valence electrons. The molecule has 28 heavy (non-hydrogen) atoms. The van der Waals surface area contributed by atoms with Crippen molar-refractivity contribution in [2.45, 2.75) is 25.4 Å². The number of fused-ring (bicyclic) bond motifs is 1. The van der Waals surface area contributed by atoms with Gasteiger partial charge in [-0.05, 0) is 41.3 Å². The molecule has 0 radical (unpaired) electrons. The molecular weight excluding hydrogens is 360 g/mol. The minimum absolute atomic E-state index is 0.211. The summed E-state index contributed by atoms with van der Waals surface area (Å²) in [6, 6.07) is 11.8. The maximum Gasteiger partial charge on any atom is 0.337 e. The molecule has 1 unspecified atom stereocenters. The van der Waals surface area contributed by atoms with Gasteiger partial charge in [0, 0.05) is 18.5 Å². The molecule has 1 saturated heterocycles. The largest absolute Gasteiger partial charge is 0.465 e. The third-order valence-electron chi connectivity index (χ3n) is 5.20. The third kappa shape index (κ3) is 2.94. The molecule has 2 aromatic carbocycles. The van der Waals surface area contributed by atoms with Crippen LogP contribution in [0.5, 0.6) is 0 Å². The lowest BCUT2D eigenvalue weighted by atomic mass is 9.96. The first kappa shape index (κ1) is 17.9. The van der Waals surface area contributed by atoms with Crippen molar-refractivity contribution in [1.29, 1.82) is 0 Å². The number of methoxy groups -OCH3 is 1. The zero-order chi connectivity index (χ0) is 19.8. The van der Waals surface area contributed by atoms with Gasteiger partial charge in [-0.15, -0.1) is 0 Å². The Morgan fingerprint density at radius 1 is 1.07 bits per heavy atom. The molecule has 2 heterocycles. The Morgan fingerprint density at radius 3 is 2.46 bits per heavy atom. The molecule has 0 bridgehead atoms. The molecule has 0 saturated carbocycles. The lowest BCUT2D eigenvalue weighted by Gasteiger charge is -2.29. The molecule has 1 N–H and O–H groups in total. The van der Waals surface area contributed by atoms with Crippen LogP contribution in [0.3, 0.4) is 0 Å². The van der Waals surface area contributed by atoms with Crippen LogP contribution in [0.15, 0.2) is 42.5 Å². The van der Waals surface area contributed by atoms with E-state index >= 15 is 0 Å². The number of piperidine rings is 1. The number of nitrogens with one attached hydrogen (secondary N) is 1. The van der Waals surface area contributed by atoms with Gasteiger partial charge in [-0.2, -0.15) is 0 Å². The van der Waals surface area contributed by atoms with E-state index in [-0.39, 0.29) is 18.2 Å². The smallest absolute Gasteiger partial charge is 0.337 e. The van der Waals surface area contributed by atoms with E-state index in [0.717, 1.165) is 16.7 Å². The topological polar surface area (TPSA) is 92.8 Å². The highest BCUT2D eigenvalue weighted by molar-refractivity contribution is 6.06. The number of nitrogens with zero attached hydrogens (tertiary/aromatic N) is 1. The van der Waals surface area contributed by atoms with Gasteiger partial charge in [-0.1, -0.05) is 24.3 Å². The summed E-state index contributed by atoms with van der Waals surface area (Å²) in [5.41, 5.74) is 3.57. The summed E-state index contributed by atoms with van der Waals surface area (Å²) < 4.78 is 4.72. The fourth-order valence-electron chi connectivity index (χ4n) is 3.76. The maximum atomic E-state index is 12.9. The summed E-state index contributed by atoms with van der Waals surface area (Å²) in [6.07, 6.45) is 0.548. The van der Waals surface area contributed by atoms with Gasteiger partial charge >= 0.3 is 5.97 Å². The quantitative estimate of drug-likeness (QED) is 0.650. The molecule has 2 aliphatic heterocycles. The van der Waals surface area contributed by atoms with Crippen molar-refractivity contribution in [2.24, 2.45) is 0 Å². The molecule has 3 amide bonds. The second kappa shape index (κ2) is 6.92. The lowest BCUT2D eigenvalue weighted by Crippen LogP contribution is -2.52. The zero-order valence-corrected chi connectivity index (χ0v) is 15.2. The molecule has 0 spiro atoms. The number of carbonyl (C=O) groups excluding carboxylic acids is 4. The summed E-state index contributed by atoms with van der Waals surface area (Å²) >= 11 is 0. The number of rotatable bonds is 3. The molecule has 7 nitrogen and oxygen atoms in total. The predicted molar refractivity (Wildman–Crippen MR) is 99.3 cm³/mol. The van der Waals surface area contributed by atoms with E-state index in [1.807, 2.05) is 6.07 Å². The Labute approximate surface area is 161 Å². The van der Waals surface area contributed by atoms with Gasteiger partial charge in [-0.3, -0.25) is 19.7 Å². The molecule has 0 aromatic heterocycles. The summed E-state index contributed by atoms with van der Waals surface area (Å²) in [5, 5.41) is 2.31. The van der Waals surface area contributed by atoms with Crippen molar-refractivity contribution in [3.05, 3.63) is 59.2 Å². The lowest BCUT2D eigenvalue weighted by molar-refractivity contribution is -0.136. The van der Waals surface area contributed by atoms with Gasteiger partial charge in [0.05, 0.1) is 12.7 Å². The summed E-state index contributed by atoms with van der Waals surface area (Å²) in [6.45, 7) is 0.301. The fraction of sp³-hybridized carbons (Fsp3) is 0.238. The Balaban J connectivity index is 1.66. The Hall–Kier alpha value is -3.48. The highest BCUT2D eigenvalue weighted by Crippen LogP contribution is 2.34. The van der Waals surface area contributed by atoms with E-state index in [0.29, 0.717) is 24.1 Å². The Kier molecular flexibility index (Phi) is 4.43. The number of esters is 1. The van der Waals surface area contributed by atoms with Gasteiger partial charge in [0.2, 0.25) is 11.8 Å². The zero-order valence-electron chi connectivity index (χ0n) is 15.2. The number of amides is 3. The first-order valence-corrected chi connectivity index (χ1v) is 8.95. The van der Waals surface area contributed by atoms with Crippen LogP contribution >= 0.6 is 0 Å². The van der Waals surface area contributed by atoms with E-state index in [2.05, 4.69) is 5.32 Å². The molecular formula is C21H18N2O5. The highest BCUT2D eigenvalue weighted by atomic mass is 16.5. The van der Waals surface area contributed by atoms with Crippen molar-refractivity contribution in [1.82, 2.24) is 10.2 Å². The second-order valence-corrected chi connectivity index (χ2v) is 6.80. The van der Waals surface area contributed by atoms with Crippen LogP contribution < -0.4 is 5.32 Å². The first-order chi connectivity index (χ1) is 13.5. The van der Waals surface area contributed by atoms with E-state index in [9.17, 15) is 19.2 Å². The second-order valence-electron chi connectivity index (χ2n) is 6.80. The molecule has 4 rings (SSSR count).